The molecule has 0 saturated carbocycles. The zero-order valence-electron chi connectivity index (χ0n) is 15.1. The first-order valence-corrected chi connectivity index (χ1v) is 10.4. The number of aliphatic hydroxyl groups excluding tert-OH is 2. The number of quaternary nitrogens is 1. The SMILES string of the molecule is CS(=O)(=O)CC[C@H](NC(=O)C1=C[C@@H](NC(=O)CC[NH3+])[C@@H](O)[C@H](O)C1)C(N)=O. The van der Waals surface area contributed by atoms with Crippen LogP contribution in [-0.2, 0) is 24.2 Å². The number of nitrogens with two attached hydrogens (primary N) is 1. The molecule has 12 heteroatoms. The number of amides is 3. The second-order valence-corrected chi connectivity index (χ2v) is 8.76. The molecule has 0 unspecified atom stereocenters. The largest absolute Gasteiger partial charge is 0.390 e. The van der Waals surface area contributed by atoms with E-state index >= 15 is 0 Å². The molecule has 1 aliphatic rings. The standard InChI is InChI=1S/C15H26N4O7S/c1-27(25,26)5-3-9(14(17)23)19-15(24)8-6-10(13(22)11(20)7-8)18-12(21)2-4-16/h6,9-11,13,20,22H,2-5,7,16H2,1H3,(H2,17,23)(H,18,21)(H,19,24)/p+1/t9-,10+,11+,13+/m0/s1. The Morgan fingerprint density at radius 1 is 1.37 bits per heavy atom. The number of hydrogen-bond donors (Lipinski definition) is 6. The van der Waals surface area contributed by atoms with E-state index in [2.05, 4.69) is 16.4 Å². The van der Waals surface area contributed by atoms with E-state index in [4.69, 9.17) is 5.73 Å². The van der Waals surface area contributed by atoms with Crippen molar-refractivity contribution in [2.24, 2.45) is 5.73 Å². The summed E-state index contributed by atoms with van der Waals surface area (Å²) in [5.41, 5.74) is 8.78. The summed E-state index contributed by atoms with van der Waals surface area (Å²) in [6.07, 6.45) is -0.593. The van der Waals surface area contributed by atoms with E-state index in [0.717, 1.165) is 6.26 Å². The Bertz CT molecular complexity index is 707. The van der Waals surface area contributed by atoms with Gasteiger partial charge in [0.15, 0.2) is 0 Å². The summed E-state index contributed by atoms with van der Waals surface area (Å²) >= 11 is 0. The van der Waals surface area contributed by atoms with Gasteiger partial charge >= 0.3 is 0 Å². The number of aliphatic hydroxyl groups is 2. The van der Waals surface area contributed by atoms with Crippen LogP contribution >= 0.6 is 0 Å². The molecule has 0 bridgehead atoms. The number of hydrogen-bond acceptors (Lipinski definition) is 7. The zero-order valence-corrected chi connectivity index (χ0v) is 15.9. The maximum absolute atomic E-state index is 12.4. The lowest BCUT2D eigenvalue weighted by atomic mass is 9.89. The highest BCUT2D eigenvalue weighted by Gasteiger charge is 2.34. The molecular weight excluding hydrogens is 380 g/mol. The average Bonchev–Trinajstić information content (AvgIpc) is 2.54. The number of sulfone groups is 1. The van der Waals surface area contributed by atoms with E-state index in [9.17, 15) is 33.0 Å². The highest BCUT2D eigenvalue weighted by Crippen LogP contribution is 2.20. The van der Waals surface area contributed by atoms with E-state index < -0.39 is 51.9 Å². The van der Waals surface area contributed by atoms with Gasteiger partial charge in [-0.25, -0.2) is 8.42 Å². The van der Waals surface area contributed by atoms with Gasteiger partial charge in [-0.1, -0.05) is 6.08 Å². The topological polar surface area (TPSA) is 204 Å². The van der Waals surface area contributed by atoms with Crippen LogP contribution in [0, 0.1) is 0 Å². The van der Waals surface area contributed by atoms with Crippen LogP contribution in [0.2, 0.25) is 0 Å². The van der Waals surface area contributed by atoms with Crippen molar-refractivity contribution in [3.8, 4) is 0 Å². The Labute approximate surface area is 157 Å². The number of rotatable bonds is 9. The summed E-state index contributed by atoms with van der Waals surface area (Å²) in [6, 6.07) is -2.20. The van der Waals surface area contributed by atoms with Gasteiger partial charge in [-0.3, -0.25) is 14.4 Å². The number of carbonyl (C=O) groups is 3. The van der Waals surface area contributed by atoms with Crippen LogP contribution in [0.1, 0.15) is 19.3 Å². The van der Waals surface area contributed by atoms with Crippen LogP contribution < -0.4 is 22.1 Å². The van der Waals surface area contributed by atoms with Gasteiger partial charge in [-0.05, 0) is 6.42 Å². The molecule has 1 rings (SSSR count). The van der Waals surface area contributed by atoms with Crippen LogP contribution in [-0.4, -0.2) is 79.2 Å². The fourth-order valence-electron chi connectivity index (χ4n) is 2.55. The van der Waals surface area contributed by atoms with E-state index in [1.807, 2.05) is 0 Å². The lowest BCUT2D eigenvalue weighted by Gasteiger charge is -2.31. The van der Waals surface area contributed by atoms with Gasteiger partial charge < -0.3 is 32.3 Å². The predicted octanol–water partition coefficient (Wildman–Crippen LogP) is -4.44. The summed E-state index contributed by atoms with van der Waals surface area (Å²) in [5.74, 6) is -2.38. The quantitative estimate of drug-likeness (QED) is 0.221. The van der Waals surface area contributed by atoms with Gasteiger partial charge in [-0.15, -0.1) is 0 Å². The molecule has 0 fully saturated rings. The Balaban J connectivity index is 2.88. The van der Waals surface area contributed by atoms with Crippen molar-refractivity contribution in [2.75, 3.05) is 18.6 Å². The van der Waals surface area contributed by atoms with Gasteiger partial charge in [0.1, 0.15) is 22.0 Å². The highest BCUT2D eigenvalue weighted by molar-refractivity contribution is 7.90. The molecule has 154 valence electrons. The smallest absolute Gasteiger partial charge is 0.247 e. The van der Waals surface area contributed by atoms with Crippen LogP contribution in [0.5, 0.6) is 0 Å². The molecule has 11 nitrogen and oxygen atoms in total. The normalized spacial score (nSPS) is 23.9. The minimum atomic E-state index is -3.36. The third kappa shape index (κ3) is 7.62. The zero-order chi connectivity index (χ0) is 20.8. The lowest BCUT2D eigenvalue weighted by Crippen LogP contribution is -2.55. The van der Waals surface area contributed by atoms with Crippen molar-refractivity contribution in [3.05, 3.63) is 11.6 Å². The van der Waals surface area contributed by atoms with Gasteiger partial charge in [0.2, 0.25) is 17.7 Å². The van der Waals surface area contributed by atoms with Gasteiger partial charge in [-0.2, -0.15) is 0 Å². The molecule has 3 amide bonds. The maximum atomic E-state index is 12.4. The summed E-state index contributed by atoms with van der Waals surface area (Å²) in [4.78, 5) is 35.6. The molecule has 0 radical (unpaired) electrons. The highest BCUT2D eigenvalue weighted by atomic mass is 32.2. The average molecular weight is 407 g/mol. The van der Waals surface area contributed by atoms with E-state index in [0.29, 0.717) is 6.54 Å². The second kappa shape index (κ2) is 9.78. The first-order chi connectivity index (χ1) is 12.4. The number of primary amides is 1. The number of carbonyl (C=O) groups excluding carboxylic acids is 3. The first-order valence-electron chi connectivity index (χ1n) is 8.38. The Hall–Kier alpha value is -2.02. The molecule has 0 saturated heterocycles. The maximum Gasteiger partial charge on any atom is 0.247 e. The fraction of sp³-hybridized carbons (Fsp3) is 0.667. The van der Waals surface area contributed by atoms with Crippen molar-refractivity contribution in [2.45, 2.75) is 43.6 Å². The van der Waals surface area contributed by atoms with E-state index in [1.54, 1.807) is 0 Å². The Morgan fingerprint density at radius 2 is 2.00 bits per heavy atom. The van der Waals surface area contributed by atoms with Crippen molar-refractivity contribution in [1.29, 1.82) is 0 Å². The third-order valence-corrected chi connectivity index (χ3v) is 5.00. The molecule has 9 N–H and O–H groups in total. The molecule has 0 aromatic heterocycles. The van der Waals surface area contributed by atoms with Gasteiger partial charge in [0, 0.05) is 18.2 Å². The van der Waals surface area contributed by atoms with Crippen LogP contribution in [0.25, 0.3) is 0 Å². The summed E-state index contributed by atoms with van der Waals surface area (Å²) in [5, 5.41) is 24.8. The molecule has 0 aromatic carbocycles. The second-order valence-electron chi connectivity index (χ2n) is 6.50. The van der Waals surface area contributed by atoms with Crippen molar-refractivity contribution in [3.63, 3.8) is 0 Å². The fourth-order valence-corrected chi connectivity index (χ4v) is 3.22. The monoisotopic (exact) mass is 407 g/mol. The predicted molar refractivity (Wildman–Crippen MR) is 94.5 cm³/mol. The number of nitrogens with one attached hydrogen (secondary N) is 2. The van der Waals surface area contributed by atoms with Gasteiger partial charge in [0.25, 0.3) is 0 Å². The first kappa shape index (κ1) is 23.0. The molecule has 0 aliphatic heterocycles. The summed E-state index contributed by atoms with van der Waals surface area (Å²) in [6.45, 7) is 0.342. The van der Waals surface area contributed by atoms with Crippen molar-refractivity contribution >= 4 is 27.6 Å². The lowest BCUT2D eigenvalue weighted by molar-refractivity contribution is -0.366. The van der Waals surface area contributed by atoms with E-state index in [-0.39, 0.29) is 30.6 Å². The van der Waals surface area contributed by atoms with Crippen molar-refractivity contribution < 1.29 is 38.7 Å². The molecule has 0 heterocycles. The summed E-state index contributed by atoms with van der Waals surface area (Å²) in [7, 11) is -3.36. The molecule has 4 atom stereocenters. The van der Waals surface area contributed by atoms with E-state index in [1.165, 1.54) is 6.08 Å². The van der Waals surface area contributed by atoms with Gasteiger partial charge in [0.05, 0.1) is 30.9 Å². The molecule has 1 aliphatic carbocycles. The summed E-state index contributed by atoms with van der Waals surface area (Å²) < 4.78 is 22.5. The molecular formula is C15H27N4O7S+. The minimum Gasteiger partial charge on any atom is -0.390 e. The van der Waals surface area contributed by atoms with Crippen LogP contribution in [0.4, 0.5) is 0 Å². The van der Waals surface area contributed by atoms with Crippen molar-refractivity contribution in [1.82, 2.24) is 10.6 Å². The van der Waals surface area contributed by atoms with Crippen LogP contribution in [0.15, 0.2) is 11.6 Å². The molecule has 0 aromatic rings. The third-order valence-electron chi connectivity index (χ3n) is 4.02. The Kier molecular flexibility index (Phi) is 8.34. The minimum absolute atomic E-state index is 0.0401. The molecule has 0 spiro atoms. The molecule has 27 heavy (non-hydrogen) atoms. The Morgan fingerprint density at radius 3 is 2.52 bits per heavy atom. The van der Waals surface area contributed by atoms with Crippen LogP contribution in [0.3, 0.4) is 0 Å².